The van der Waals surface area contributed by atoms with Gasteiger partial charge in [-0.3, -0.25) is 4.90 Å². The molecule has 0 saturated heterocycles. The Morgan fingerprint density at radius 2 is 0.921 bits per heavy atom. The largest absolute Gasteiger partial charge is 0.492 e. The second-order valence-electron chi connectivity index (χ2n) is 15.4. The van der Waals surface area contributed by atoms with Crippen molar-refractivity contribution in [1.29, 1.82) is 0 Å². The second-order valence-corrected chi connectivity index (χ2v) is 15.4. The summed E-state index contributed by atoms with van der Waals surface area (Å²) < 4.78 is 13.4. The Kier molecular flexibility index (Phi) is 9.53. The molecule has 0 aliphatic rings. The Hall–Kier alpha value is -2.00. The van der Waals surface area contributed by atoms with Crippen LogP contribution in [-0.2, 0) is 21.7 Å². The first kappa shape index (κ1) is 32.2. The molecular formula is C35H57NO2. The molecule has 3 heteroatoms. The summed E-state index contributed by atoms with van der Waals surface area (Å²) in [5, 5.41) is 0. The molecule has 3 nitrogen and oxygen atoms in total. The third-order valence-electron chi connectivity index (χ3n) is 7.30. The van der Waals surface area contributed by atoms with Crippen LogP contribution >= 0.6 is 0 Å². The van der Waals surface area contributed by atoms with E-state index in [-0.39, 0.29) is 27.9 Å². The molecule has 0 amide bonds. The lowest BCUT2D eigenvalue weighted by molar-refractivity contribution is 0.0475. The fraction of sp³-hybridized carbons (Fsp3) is 0.657. The van der Waals surface area contributed by atoms with Crippen molar-refractivity contribution >= 4 is 0 Å². The van der Waals surface area contributed by atoms with E-state index in [1.807, 2.05) is 0 Å². The van der Waals surface area contributed by atoms with Gasteiger partial charge in [-0.15, -0.1) is 0 Å². The topological polar surface area (TPSA) is 21.7 Å². The maximum absolute atomic E-state index is 6.79. The molecule has 0 radical (unpaired) electrons. The molecular weight excluding hydrogens is 466 g/mol. The predicted molar refractivity (Wildman–Crippen MR) is 165 cm³/mol. The van der Waals surface area contributed by atoms with Crippen molar-refractivity contribution in [1.82, 2.24) is 4.90 Å². The summed E-state index contributed by atoms with van der Waals surface area (Å²) in [5.41, 5.74) is 7.63. The number of rotatable bonds is 7. The van der Waals surface area contributed by atoms with E-state index in [9.17, 15) is 0 Å². The number of benzene rings is 2. The Balaban J connectivity index is 2.32. The first-order chi connectivity index (χ1) is 17.0. The molecule has 0 aliphatic carbocycles. The number of hydrogen-bond donors (Lipinski definition) is 0. The van der Waals surface area contributed by atoms with Crippen molar-refractivity contribution in [3.8, 4) is 11.5 Å². The van der Waals surface area contributed by atoms with Gasteiger partial charge in [0.2, 0.25) is 0 Å². The molecule has 0 N–H and O–H groups in total. The summed E-state index contributed by atoms with van der Waals surface area (Å²) in [4.78, 5) is 2.25. The van der Waals surface area contributed by atoms with Crippen LogP contribution in [0.1, 0.15) is 123 Å². The fourth-order valence-corrected chi connectivity index (χ4v) is 4.79. The van der Waals surface area contributed by atoms with Crippen molar-refractivity contribution in [2.75, 3.05) is 20.2 Å². The van der Waals surface area contributed by atoms with Crippen molar-refractivity contribution < 1.29 is 9.47 Å². The quantitative estimate of drug-likeness (QED) is 0.338. The lowest BCUT2D eigenvalue weighted by Crippen LogP contribution is -2.38. The Morgan fingerprint density at radius 3 is 1.24 bits per heavy atom. The summed E-state index contributed by atoms with van der Waals surface area (Å²) >= 11 is 0. The van der Waals surface area contributed by atoms with Gasteiger partial charge in [-0.2, -0.15) is 0 Å². The first-order valence-electron chi connectivity index (χ1n) is 14.3. The first-order valence-corrected chi connectivity index (χ1v) is 14.3. The van der Waals surface area contributed by atoms with E-state index in [0.717, 1.165) is 18.0 Å². The molecule has 2 aromatic carbocycles. The molecule has 0 fully saturated rings. The molecule has 0 aromatic heterocycles. The van der Waals surface area contributed by atoms with Gasteiger partial charge in [0, 0.05) is 28.8 Å². The Bertz CT molecular complexity index is 1030. The van der Waals surface area contributed by atoms with E-state index in [1.165, 1.54) is 33.4 Å². The van der Waals surface area contributed by atoms with Crippen molar-refractivity contribution in [2.45, 2.75) is 132 Å². The van der Waals surface area contributed by atoms with Gasteiger partial charge in [0.15, 0.2) is 0 Å². The molecule has 0 bridgehead atoms. The minimum absolute atomic E-state index is 0.00180. The van der Waals surface area contributed by atoms with Crippen LogP contribution < -0.4 is 9.47 Å². The van der Waals surface area contributed by atoms with Gasteiger partial charge in [-0.25, -0.2) is 0 Å². The molecule has 0 aliphatic heterocycles. The van der Waals surface area contributed by atoms with E-state index in [1.54, 1.807) is 0 Å². The number of hydrogen-bond acceptors (Lipinski definition) is 3. The minimum atomic E-state index is -0.0919. The van der Waals surface area contributed by atoms with E-state index in [2.05, 4.69) is 140 Å². The van der Waals surface area contributed by atoms with E-state index in [0.29, 0.717) is 6.61 Å². The van der Waals surface area contributed by atoms with Gasteiger partial charge >= 0.3 is 0 Å². The molecule has 2 rings (SSSR count). The maximum Gasteiger partial charge on any atom is 0.149 e. The standard InChI is InChI=1S/C35H57NO2/c1-23-19-26(32(4,5)6)30(27(20-23)33(7,8)9)37-18-17-36(16)25(3)38-31-28(34(10,11)12)21-24(2)22-29(31)35(13,14)15/h19-22,25H,17-18H2,1-16H3. The number of aryl methyl sites for hydroxylation is 2. The zero-order valence-corrected chi connectivity index (χ0v) is 27.6. The molecule has 214 valence electrons. The summed E-state index contributed by atoms with van der Waals surface area (Å²) in [6.07, 6.45) is -0.0919. The van der Waals surface area contributed by atoms with E-state index >= 15 is 0 Å². The highest BCUT2D eigenvalue weighted by molar-refractivity contribution is 5.51. The molecule has 1 unspecified atom stereocenters. The molecule has 1 atom stereocenters. The minimum Gasteiger partial charge on any atom is -0.492 e. The SMILES string of the molecule is Cc1cc(C(C)(C)C)c(OCCN(C)C(C)Oc2c(C(C)(C)C)cc(C)cc2C(C)(C)C)c(C(C)(C)C)c1. The highest BCUT2D eigenvalue weighted by atomic mass is 16.5. The normalized spacial score (nSPS) is 14.1. The van der Waals surface area contributed by atoms with Crippen LogP contribution in [0.3, 0.4) is 0 Å². The van der Waals surface area contributed by atoms with E-state index in [4.69, 9.17) is 9.47 Å². The molecule has 0 spiro atoms. The van der Waals surface area contributed by atoms with Crippen LogP contribution in [-0.4, -0.2) is 31.3 Å². The monoisotopic (exact) mass is 523 g/mol. The fourth-order valence-electron chi connectivity index (χ4n) is 4.79. The summed E-state index contributed by atoms with van der Waals surface area (Å²) in [6.45, 7) is 35.1. The smallest absolute Gasteiger partial charge is 0.149 e. The van der Waals surface area contributed by atoms with Gasteiger partial charge in [-0.1, -0.05) is 118 Å². The van der Waals surface area contributed by atoms with Crippen molar-refractivity contribution in [3.63, 3.8) is 0 Å². The van der Waals surface area contributed by atoms with Crippen LogP contribution in [0.25, 0.3) is 0 Å². The number of ether oxygens (including phenoxy) is 2. The van der Waals surface area contributed by atoms with Crippen LogP contribution in [0, 0.1) is 13.8 Å². The van der Waals surface area contributed by atoms with Crippen LogP contribution in [0.4, 0.5) is 0 Å². The zero-order valence-electron chi connectivity index (χ0n) is 27.6. The van der Waals surface area contributed by atoms with Gasteiger partial charge in [0.25, 0.3) is 0 Å². The maximum atomic E-state index is 6.79. The molecule has 38 heavy (non-hydrogen) atoms. The van der Waals surface area contributed by atoms with Crippen molar-refractivity contribution in [3.05, 3.63) is 57.6 Å². The lowest BCUT2D eigenvalue weighted by Gasteiger charge is -2.34. The summed E-state index contributed by atoms with van der Waals surface area (Å²) in [7, 11) is 2.13. The van der Waals surface area contributed by atoms with Gasteiger partial charge < -0.3 is 9.47 Å². The third kappa shape index (κ3) is 8.01. The second kappa shape index (κ2) is 11.2. The van der Waals surface area contributed by atoms with Crippen LogP contribution in [0.2, 0.25) is 0 Å². The molecule has 2 aromatic rings. The molecule has 0 saturated carbocycles. The molecule has 0 heterocycles. The summed E-state index contributed by atoms with van der Waals surface area (Å²) in [5.74, 6) is 2.07. The number of nitrogens with zero attached hydrogens (tertiary/aromatic N) is 1. The average molecular weight is 524 g/mol. The predicted octanol–water partition coefficient (Wildman–Crippen LogP) is 9.23. The third-order valence-corrected chi connectivity index (χ3v) is 7.30. The van der Waals surface area contributed by atoms with Gasteiger partial charge in [0.05, 0.1) is 0 Å². The van der Waals surface area contributed by atoms with Crippen molar-refractivity contribution in [2.24, 2.45) is 0 Å². The highest BCUT2D eigenvalue weighted by Crippen LogP contribution is 2.42. The Labute approximate surface area is 235 Å². The van der Waals surface area contributed by atoms with Gasteiger partial charge in [-0.05, 0) is 49.5 Å². The van der Waals surface area contributed by atoms with Crippen LogP contribution in [0.15, 0.2) is 24.3 Å². The highest BCUT2D eigenvalue weighted by Gasteiger charge is 2.30. The lowest BCUT2D eigenvalue weighted by atomic mass is 9.78. The average Bonchev–Trinajstić information content (AvgIpc) is 2.72. The van der Waals surface area contributed by atoms with Gasteiger partial charge in [0.1, 0.15) is 24.3 Å². The Morgan fingerprint density at radius 1 is 0.605 bits per heavy atom. The zero-order chi connectivity index (χ0) is 29.4. The van der Waals surface area contributed by atoms with Crippen LogP contribution in [0.5, 0.6) is 11.5 Å². The number of likely N-dealkylation sites (N-methyl/N-ethyl adjacent to an activating group) is 1. The van der Waals surface area contributed by atoms with E-state index < -0.39 is 0 Å². The summed E-state index contributed by atoms with van der Waals surface area (Å²) in [6, 6.07) is 9.17.